The molecule has 2 N–H and O–H groups in total. The number of nitrogens with one attached hydrogen (secondary N) is 2. The van der Waals surface area contributed by atoms with Crippen LogP contribution in [0.2, 0.25) is 0 Å². The number of nitrogens with zero attached hydrogens (tertiary/aromatic N) is 3. The van der Waals surface area contributed by atoms with E-state index < -0.39 is 0 Å². The summed E-state index contributed by atoms with van der Waals surface area (Å²) in [6.07, 6.45) is 3.18. The molecule has 0 saturated heterocycles. The van der Waals surface area contributed by atoms with Crippen molar-refractivity contribution in [1.29, 1.82) is 0 Å². The van der Waals surface area contributed by atoms with E-state index in [1.54, 1.807) is 12.3 Å². The lowest BCUT2D eigenvalue weighted by molar-refractivity contribution is 1.09. The minimum atomic E-state index is 0.719. The van der Waals surface area contributed by atoms with Gasteiger partial charge in [0.2, 0.25) is 0 Å². The summed E-state index contributed by atoms with van der Waals surface area (Å²) >= 11 is 0. The van der Waals surface area contributed by atoms with Crippen LogP contribution >= 0.6 is 0 Å². The van der Waals surface area contributed by atoms with Crippen molar-refractivity contribution in [2.24, 2.45) is 0 Å². The first-order valence-electron chi connectivity index (χ1n) is 5.97. The molecule has 3 rings (SSSR count). The van der Waals surface area contributed by atoms with Crippen molar-refractivity contribution >= 4 is 11.6 Å². The van der Waals surface area contributed by atoms with Gasteiger partial charge in [-0.15, -0.1) is 0 Å². The van der Waals surface area contributed by atoms with Gasteiger partial charge in [-0.1, -0.05) is 29.8 Å². The van der Waals surface area contributed by atoms with Crippen molar-refractivity contribution in [3.05, 3.63) is 54.5 Å². The zero-order valence-corrected chi connectivity index (χ0v) is 10.5. The summed E-state index contributed by atoms with van der Waals surface area (Å²) in [5, 5.41) is 10.3. The molecule has 0 aliphatic heterocycles. The largest absolute Gasteiger partial charge is 0.323 e. The number of aromatic nitrogens is 4. The van der Waals surface area contributed by atoms with Crippen LogP contribution in [-0.4, -0.2) is 20.2 Å². The Hall–Kier alpha value is -2.69. The third-order valence-corrected chi connectivity index (χ3v) is 2.78. The lowest BCUT2D eigenvalue weighted by Gasteiger charge is -1.99. The first-order chi connectivity index (χ1) is 9.31. The number of hydrogen-bond donors (Lipinski definition) is 2. The molecule has 2 heterocycles. The highest BCUT2D eigenvalue weighted by Gasteiger charge is 2.04. The highest BCUT2D eigenvalue weighted by Crippen LogP contribution is 2.21. The maximum atomic E-state index is 4.21. The molecule has 0 unspecified atom stereocenters. The molecule has 0 amide bonds. The van der Waals surface area contributed by atoms with E-state index in [0.29, 0.717) is 0 Å². The first-order valence-corrected chi connectivity index (χ1v) is 5.97. The summed E-state index contributed by atoms with van der Waals surface area (Å²) in [4.78, 5) is 7.96. The van der Waals surface area contributed by atoms with Gasteiger partial charge in [-0.2, -0.15) is 5.10 Å². The number of anilines is 2. The summed E-state index contributed by atoms with van der Waals surface area (Å²) in [6, 6.07) is 12.0. The Kier molecular flexibility index (Phi) is 2.94. The second-order valence-electron chi connectivity index (χ2n) is 4.25. The molecule has 0 fully saturated rings. The Bertz CT molecular complexity index is 658. The van der Waals surface area contributed by atoms with Gasteiger partial charge in [0, 0.05) is 12.3 Å². The van der Waals surface area contributed by atoms with Crippen LogP contribution in [0.15, 0.2) is 48.9 Å². The molecule has 2 aromatic heterocycles. The summed E-state index contributed by atoms with van der Waals surface area (Å²) in [7, 11) is 0. The number of hydrogen-bond acceptors (Lipinski definition) is 4. The number of H-pyrrole nitrogens is 1. The van der Waals surface area contributed by atoms with Crippen molar-refractivity contribution in [1.82, 2.24) is 20.2 Å². The molecule has 0 bridgehead atoms. The van der Waals surface area contributed by atoms with Crippen LogP contribution in [0.25, 0.3) is 11.3 Å². The fourth-order valence-electron chi connectivity index (χ4n) is 1.76. The maximum Gasteiger partial charge on any atom is 0.153 e. The van der Waals surface area contributed by atoms with Gasteiger partial charge in [0.15, 0.2) is 5.82 Å². The van der Waals surface area contributed by atoms with Crippen LogP contribution in [0.1, 0.15) is 5.56 Å². The Labute approximate surface area is 110 Å². The van der Waals surface area contributed by atoms with Crippen LogP contribution in [0.4, 0.5) is 11.6 Å². The predicted octanol–water partition coefficient (Wildman–Crippen LogP) is 2.92. The fraction of sp³-hybridized carbons (Fsp3) is 0.0714. The monoisotopic (exact) mass is 251 g/mol. The van der Waals surface area contributed by atoms with E-state index in [-0.39, 0.29) is 0 Å². The van der Waals surface area contributed by atoms with Gasteiger partial charge < -0.3 is 5.32 Å². The zero-order chi connectivity index (χ0) is 13.1. The smallest absolute Gasteiger partial charge is 0.153 e. The van der Waals surface area contributed by atoms with Gasteiger partial charge in [0.1, 0.15) is 12.1 Å². The van der Waals surface area contributed by atoms with Crippen LogP contribution in [0.3, 0.4) is 0 Å². The van der Waals surface area contributed by atoms with E-state index in [1.165, 1.54) is 11.9 Å². The summed E-state index contributed by atoms with van der Waals surface area (Å²) in [6.45, 7) is 2.07. The van der Waals surface area contributed by atoms with Gasteiger partial charge in [0.25, 0.3) is 0 Å². The highest BCUT2D eigenvalue weighted by atomic mass is 15.2. The second kappa shape index (κ2) is 4.89. The van der Waals surface area contributed by atoms with Crippen LogP contribution in [0.5, 0.6) is 0 Å². The van der Waals surface area contributed by atoms with Gasteiger partial charge >= 0.3 is 0 Å². The summed E-state index contributed by atoms with van der Waals surface area (Å²) < 4.78 is 0. The van der Waals surface area contributed by atoms with Crippen molar-refractivity contribution in [2.75, 3.05) is 5.32 Å². The molecular weight excluding hydrogens is 238 g/mol. The Morgan fingerprint density at radius 2 is 1.89 bits per heavy atom. The van der Waals surface area contributed by atoms with Gasteiger partial charge in [-0.05, 0) is 18.6 Å². The average molecular weight is 251 g/mol. The molecule has 0 radical (unpaired) electrons. The van der Waals surface area contributed by atoms with E-state index in [4.69, 9.17) is 0 Å². The Morgan fingerprint density at radius 1 is 1.05 bits per heavy atom. The number of aromatic amines is 1. The van der Waals surface area contributed by atoms with Crippen LogP contribution in [0, 0.1) is 6.92 Å². The molecule has 5 nitrogen and oxygen atoms in total. The normalized spacial score (nSPS) is 10.4. The summed E-state index contributed by atoms with van der Waals surface area (Å²) in [5.74, 6) is 1.45. The van der Waals surface area contributed by atoms with Crippen molar-refractivity contribution in [2.45, 2.75) is 6.92 Å². The van der Waals surface area contributed by atoms with Crippen molar-refractivity contribution < 1.29 is 0 Å². The third-order valence-electron chi connectivity index (χ3n) is 2.78. The molecule has 0 spiro atoms. The fourth-order valence-corrected chi connectivity index (χ4v) is 1.76. The molecule has 0 aliphatic carbocycles. The third kappa shape index (κ3) is 2.60. The minimum absolute atomic E-state index is 0.719. The number of benzene rings is 1. The van der Waals surface area contributed by atoms with E-state index in [0.717, 1.165) is 22.9 Å². The molecule has 0 atom stereocenters. The minimum Gasteiger partial charge on any atom is -0.323 e. The lowest BCUT2D eigenvalue weighted by atomic mass is 10.1. The molecule has 19 heavy (non-hydrogen) atoms. The van der Waals surface area contributed by atoms with Gasteiger partial charge in [-0.25, -0.2) is 9.97 Å². The standard InChI is InChI=1S/C14H13N5/c1-10-2-4-11(5-3-10)12-8-14(19-18-12)17-13-6-7-15-9-16-13/h2-9H,1H3,(H2,15,16,17,18,19). The maximum absolute atomic E-state index is 4.21. The molecule has 5 heteroatoms. The van der Waals surface area contributed by atoms with Crippen molar-refractivity contribution in [3.8, 4) is 11.3 Å². The van der Waals surface area contributed by atoms with E-state index in [2.05, 4.69) is 56.7 Å². The van der Waals surface area contributed by atoms with E-state index in [9.17, 15) is 0 Å². The zero-order valence-electron chi connectivity index (χ0n) is 10.5. The van der Waals surface area contributed by atoms with E-state index in [1.807, 2.05) is 6.07 Å². The van der Waals surface area contributed by atoms with Crippen LogP contribution in [-0.2, 0) is 0 Å². The molecule has 94 valence electrons. The molecular formula is C14H13N5. The molecule has 0 aliphatic rings. The van der Waals surface area contributed by atoms with Crippen LogP contribution < -0.4 is 5.32 Å². The average Bonchev–Trinajstić information content (AvgIpc) is 2.89. The number of rotatable bonds is 3. The summed E-state index contributed by atoms with van der Waals surface area (Å²) in [5.41, 5.74) is 3.31. The Balaban J connectivity index is 1.82. The second-order valence-corrected chi connectivity index (χ2v) is 4.25. The van der Waals surface area contributed by atoms with Crippen molar-refractivity contribution in [3.63, 3.8) is 0 Å². The van der Waals surface area contributed by atoms with Gasteiger partial charge in [-0.3, -0.25) is 5.10 Å². The molecule has 1 aromatic carbocycles. The van der Waals surface area contributed by atoms with Gasteiger partial charge in [0.05, 0.1) is 5.69 Å². The molecule has 0 saturated carbocycles. The Morgan fingerprint density at radius 3 is 2.63 bits per heavy atom. The molecule has 3 aromatic rings. The van der Waals surface area contributed by atoms with E-state index >= 15 is 0 Å². The lowest BCUT2D eigenvalue weighted by Crippen LogP contribution is -1.93. The quantitative estimate of drug-likeness (QED) is 0.751. The predicted molar refractivity (Wildman–Crippen MR) is 74.1 cm³/mol. The topological polar surface area (TPSA) is 66.5 Å². The highest BCUT2D eigenvalue weighted by molar-refractivity contribution is 5.65. The first kappa shape index (κ1) is 11.4. The SMILES string of the molecule is Cc1ccc(-c2cc(Nc3ccncn3)n[nH]2)cc1. The number of aryl methyl sites for hydroxylation is 1.